The highest BCUT2D eigenvalue weighted by molar-refractivity contribution is 6.39. The number of hydrazone groups is 1. The maximum absolute atomic E-state index is 12.7. The molecule has 6 nitrogen and oxygen atoms in total. The second-order valence-electron chi connectivity index (χ2n) is 4.36. The Hall–Kier alpha value is -2.81. The summed E-state index contributed by atoms with van der Waals surface area (Å²) in [5.41, 5.74) is 0.546. The molecule has 2 amide bonds. The number of alkyl halides is 3. The van der Waals surface area contributed by atoms with Gasteiger partial charge in [0.2, 0.25) is 0 Å². The zero-order valence-electron chi connectivity index (χ0n) is 11.7. The largest absolute Gasteiger partial charge is 0.463 e. The van der Waals surface area contributed by atoms with E-state index >= 15 is 0 Å². The molecule has 0 aliphatic carbocycles. The average molecular weight is 360 g/mol. The highest BCUT2D eigenvalue weighted by atomic mass is 35.5. The Kier molecular flexibility index (Phi) is 5.24. The van der Waals surface area contributed by atoms with Crippen molar-refractivity contribution in [2.75, 3.05) is 5.32 Å². The van der Waals surface area contributed by atoms with Gasteiger partial charge in [0.25, 0.3) is 0 Å². The van der Waals surface area contributed by atoms with Crippen LogP contribution in [0, 0.1) is 0 Å². The molecule has 0 aliphatic heterocycles. The summed E-state index contributed by atoms with van der Waals surface area (Å²) in [5.74, 6) is -2.02. The summed E-state index contributed by atoms with van der Waals surface area (Å²) in [7, 11) is 0. The molecule has 0 spiro atoms. The summed E-state index contributed by atoms with van der Waals surface area (Å²) in [5, 5.41) is 4.96. The number of carbonyl (C=O) groups is 2. The number of hydrogen-bond donors (Lipinski definition) is 2. The predicted molar refractivity (Wildman–Crippen MR) is 79.5 cm³/mol. The zero-order chi connectivity index (χ0) is 17.7. The van der Waals surface area contributed by atoms with Crippen molar-refractivity contribution in [1.29, 1.82) is 0 Å². The molecule has 0 radical (unpaired) electrons. The van der Waals surface area contributed by atoms with Gasteiger partial charge in [0.05, 0.1) is 23.1 Å². The molecule has 0 atom stereocenters. The van der Waals surface area contributed by atoms with E-state index < -0.39 is 28.6 Å². The minimum atomic E-state index is -4.69. The number of anilines is 1. The van der Waals surface area contributed by atoms with E-state index in [4.69, 9.17) is 16.0 Å². The molecule has 0 saturated heterocycles. The van der Waals surface area contributed by atoms with Gasteiger partial charge in [-0.1, -0.05) is 11.6 Å². The van der Waals surface area contributed by atoms with Gasteiger partial charge in [-0.15, -0.1) is 0 Å². The van der Waals surface area contributed by atoms with Crippen LogP contribution < -0.4 is 10.7 Å². The lowest BCUT2D eigenvalue weighted by molar-refractivity contribution is -0.137. The van der Waals surface area contributed by atoms with E-state index in [2.05, 4.69) is 5.10 Å². The molecule has 0 bridgehead atoms. The van der Waals surface area contributed by atoms with E-state index in [0.717, 1.165) is 18.3 Å². The van der Waals surface area contributed by atoms with Gasteiger partial charge >= 0.3 is 18.0 Å². The number of carbonyl (C=O) groups excluding carboxylic acids is 2. The highest BCUT2D eigenvalue weighted by Gasteiger charge is 2.33. The number of furan rings is 1. The van der Waals surface area contributed by atoms with Crippen LogP contribution in [0.4, 0.5) is 18.9 Å². The third-order valence-corrected chi connectivity index (χ3v) is 2.97. The van der Waals surface area contributed by atoms with E-state index in [1.54, 1.807) is 12.1 Å². The van der Waals surface area contributed by atoms with Gasteiger partial charge in [0.15, 0.2) is 0 Å². The van der Waals surface area contributed by atoms with Crippen LogP contribution in [0.25, 0.3) is 0 Å². The van der Waals surface area contributed by atoms with Crippen LogP contribution in [0.1, 0.15) is 11.3 Å². The molecule has 2 rings (SSSR count). The van der Waals surface area contributed by atoms with Crippen molar-refractivity contribution in [3.05, 3.63) is 52.9 Å². The molecule has 126 valence electrons. The van der Waals surface area contributed by atoms with Crippen LogP contribution >= 0.6 is 11.6 Å². The molecule has 1 heterocycles. The molecule has 0 unspecified atom stereocenters. The monoisotopic (exact) mass is 359 g/mol. The second-order valence-corrected chi connectivity index (χ2v) is 4.77. The first kappa shape index (κ1) is 17.5. The third-order valence-electron chi connectivity index (χ3n) is 2.64. The van der Waals surface area contributed by atoms with Crippen molar-refractivity contribution in [2.24, 2.45) is 5.10 Å². The molecule has 2 N–H and O–H groups in total. The topological polar surface area (TPSA) is 83.7 Å². The Morgan fingerprint density at radius 2 is 1.96 bits per heavy atom. The third kappa shape index (κ3) is 4.59. The summed E-state index contributed by atoms with van der Waals surface area (Å²) >= 11 is 5.46. The molecule has 10 heteroatoms. The molecule has 1 aromatic carbocycles. The number of rotatable bonds is 3. The molecule has 1 aromatic heterocycles. The predicted octanol–water partition coefficient (Wildman–Crippen LogP) is 3.04. The maximum atomic E-state index is 12.7. The SMILES string of the molecule is O=C(N/N=C\c1ccco1)C(=O)Nc1ccc(Cl)c(C(F)(F)F)c1. The molecule has 24 heavy (non-hydrogen) atoms. The van der Waals surface area contributed by atoms with Crippen molar-refractivity contribution in [2.45, 2.75) is 6.18 Å². The molecular formula is C14H9ClF3N3O3. The summed E-state index contributed by atoms with van der Waals surface area (Å²) in [6.07, 6.45) is -2.16. The van der Waals surface area contributed by atoms with Gasteiger partial charge in [-0.25, -0.2) is 5.43 Å². The van der Waals surface area contributed by atoms with Gasteiger partial charge in [0, 0.05) is 5.69 Å². The fourth-order valence-corrected chi connectivity index (χ4v) is 1.80. The van der Waals surface area contributed by atoms with Crippen molar-refractivity contribution in [3.63, 3.8) is 0 Å². The fraction of sp³-hybridized carbons (Fsp3) is 0.0714. The van der Waals surface area contributed by atoms with E-state index in [0.29, 0.717) is 11.8 Å². The van der Waals surface area contributed by atoms with E-state index in [1.807, 2.05) is 10.7 Å². The van der Waals surface area contributed by atoms with E-state index in [9.17, 15) is 22.8 Å². The molecule has 0 fully saturated rings. The standard InChI is InChI=1S/C14H9ClF3N3O3/c15-11-4-3-8(6-10(11)14(16,17)18)20-12(22)13(23)21-19-7-9-2-1-5-24-9/h1-7H,(H,20,22)(H,21,23)/b19-7-. The van der Waals surface area contributed by atoms with Crippen LogP contribution in [-0.2, 0) is 15.8 Å². The number of hydrogen-bond acceptors (Lipinski definition) is 4. The van der Waals surface area contributed by atoms with Crippen molar-refractivity contribution in [1.82, 2.24) is 5.43 Å². The Labute approximate surface area is 138 Å². The fourth-order valence-electron chi connectivity index (χ4n) is 1.58. The number of benzene rings is 1. The van der Waals surface area contributed by atoms with Gasteiger partial charge in [-0.2, -0.15) is 18.3 Å². The minimum Gasteiger partial charge on any atom is -0.463 e. The van der Waals surface area contributed by atoms with Crippen molar-refractivity contribution < 1.29 is 27.2 Å². The lowest BCUT2D eigenvalue weighted by atomic mass is 10.2. The number of amides is 2. The van der Waals surface area contributed by atoms with Crippen LogP contribution in [0.15, 0.2) is 46.1 Å². The number of halogens is 4. The Balaban J connectivity index is 2.00. The summed E-state index contributed by atoms with van der Waals surface area (Å²) in [6, 6.07) is 5.87. The van der Waals surface area contributed by atoms with Gasteiger partial charge in [-0.05, 0) is 30.3 Å². The minimum absolute atomic E-state index is 0.234. The lowest BCUT2D eigenvalue weighted by Gasteiger charge is -2.11. The molecule has 0 saturated carbocycles. The Morgan fingerprint density at radius 1 is 1.21 bits per heavy atom. The molecule has 0 aliphatic rings. The van der Waals surface area contributed by atoms with E-state index in [1.165, 1.54) is 6.26 Å². The Morgan fingerprint density at radius 3 is 2.58 bits per heavy atom. The summed E-state index contributed by atoms with van der Waals surface area (Å²) in [6.45, 7) is 0. The average Bonchev–Trinajstić information content (AvgIpc) is 3.01. The maximum Gasteiger partial charge on any atom is 0.417 e. The zero-order valence-corrected chi connectivity index (χ0v) is 12.5. The normalized spacial score (nSPS) is 11.5. The Bertz CT molecular complexity index is 773. The highest BCUT2D eigenvalue weighted by Crippen LogP contribution is 2.36. The van der Waals surface area contributed by atoms with Gasteiger partial charge in [-0.3, -0.25) is 9.59 Å². The number of nitrogens with zero attached hydrogens (tertiary/aromatic N) is 1. The lowest BCUT2D eigenvalue weighted by Crippen LogP contribution is -2.32. The quantitative estimate of drug-likeness (QED) is 0.502. The van der Waals surface area contributed by atoms with Gasteiger partial charge < -0.3 is 9.73 Å². The second kappa shape index (κ2) is 7.18. The number of nitrogens with one attached hydrogen (secondary N) is 2. The van der Waals surface area contributed by atoms with Gasteiger partial charge in [0.1, 0.15) is 5.76 Å². The first-order valence-electron chi connectivity index (χ1n) is 6.32. The first-order valence-corrected chi connectivity index (χ1v) is 6.70. The van der Waals surface area contributed by atoms with Crippen molar-refractivity contribution >= 4 is 35.3 Å². The first-order chi connectivity index (χ1) is 11.3. The van der Waals surface area contributed by atoms with Crippen LogP contribution in [0.3, 0.4) is 0 Å². The molecule has 2 aromatic rings. The summed E-state index contributed by atoms with van der Waals surface area (Å²) < 4.78 is 43.1. The van der Waals surface area contributed by atoms with E-state index in [-0.39, 0.29) is 5.69 Å². The van der Waals surface area contributed by atoms with Crippen molar-refractivity contribution in [3.8, 4) is 0 Å². The molecular weight excluding hydrogens is 351 g/mol. The van der Waals surface area contributed by atoms with Crippen LogP contribution in [0.2, 0.25) is 5.02 Å². The van der Waals surface area contributed by atoms with Crippen LogP contribution in [0.5, 0.6) is 0 Å². The summed E-state index contributed by atoms with van der Waals surface area (Å²) in [4.78, 5) is 23.1. The van der Waals surface area contributed by atoms with Crippen LogP contribution in [-0.4, -0.2) is 18.0 Å². The smallest absolute Gasteiger partial charge is 0.417 e.